The third-order valence-corrected chi connectivity index (χ3v) is 2.05. The van der Waals surface area contributed by atoms with Gasteiger partial charge in [-0.15, -0.1) is 5.10 Å². The monoisotopic (exact) mass is 206 g/mol. The summed E-state index contributed by atoms with van der Waals surface area (Å²) in [4.78, 5) is 14.6. The number of hydrogen-bond acceptors (Lipinski definition) is 5. The van der Waals surface area contributed by atoms with Crippen LogP contribution in [0, 0.1) is 13.8 Å². The van der Waals surface area contributed by atoms with Crippen molar-refractivity contribution >= 4 is 6.29 Å². The molecule has 0 aliphatic carbocycles. The van der Waals surface area contributed by atoms with Gasteiger partial charge in [0.2, 0.25) is 5.89 Å². The molecule has 2 heterocycles. The summed E-state index contributed by atoms with van der Waals surface area (Å²) in [6.45, 7) is 4.11. The lowest BCUT2D eigenvalue weighted by Crippen LogP contribution is -2.00. The van der Waals surface area contributed by atoms with E-state index in [1.165, 1.54) is 4.68 Å². The van der Waals surface area contributed by atoms with Gasteiger partial charge in [0, 0.05) is 0 Å². The molecule has 0 spiro atoms. The lowest BCUT2D eigenvalue weighted by atomic mass is 10.4. The van der Waals surface area contributed by atoms with Crippen molar-refractivity contribution in [2.45, 2.75) is 20.4 Å². The summed E-state index contributed by atoms with van der Waals surface area (Å²) in [5.41, 5.74) is 1.16. The number of carbonyl (C=O) groups excluding carboxylic acids is 1. The van der Waals surface area contributed by atoms with Gasteiger partial charge in [0.05, 0.1) is 11.9 Å². The number of aldehydes is 1. The maximum absolute atomic E-state index is 10.4. The highest BCUT2D eigenvalue weighted by Gasteiger charge is 2.07. The number of aromatic nitrogens is 4. The van der Waals surface area contributed by atoms with Gasteiger partial charge < -0.3 is 4.42 Å². The Morgan fingerprint density at radius 3 is 2.87 bits per heavy atom. The average Bonchev–Trinajstić information content (AvgIpc) is 2.76. The Bertz CT molecular complexity index is 467. The molecule has 2 aromatic rings. The molecule has 6 nitrogen and oxygen atoms in total. The van der Waals surface area contributed by atoms with Crippen molar-refractivity contribution in [2.24, 2.45) is 0 Å². The number of rotatable bonds is 3. The molecule has 2 aromatic heterocycles. The molecule has 6 heteroatoms. The van der Waals surface area contributed by atoms with Crippen LogP contribution < -0.4 is 0 Å². The van der Waals surface area contributed by atoms with Gasteiger partial charge in [-0.2, -0.15) is 0 Å². The Labute approximate surface area is 85.9 Å². The Kier molecular flexibility index (Phi) is 2.32. The normalized spacial score (nSPS) is 10.5. The Balaban J connectivity index is 2.17. The quantitative estimate of drug-likeness (QED) is 0.692. The second kappa shape index (κ2) is 3.64. The number of nitrogens with zero attached hydrogens (tertiary/aromatic N) is 4. The standard InChI is InChI=1S/C9H10N4O2/c1-6-7(2)15-9(10-6)4-13-3-8(5-14)11-12-13/h3,5H,4H2,1-2H3. The zero-order valence-electron chi connectivity index (χ0n) is 8.47. The highest BCUT2D eigenvalue weighted by atomic mass is 16.4. The van der Waals surface area contributed by atoms with Gasteiger partial charge in [-0.1, -0.05) is 5.21 Å². The highest BCUT2D eigenvalue weighted by molar-refractivity contribution is 5.70. The first kappa shape index (κ1) is 9.57. The lowest BCUT2D eigenvalue weighted by molar-refractivity contribution is 0.111. The molecule has 0 aromatic carbocycles. The van der Waals surface area contributed by atoms with Crippen LogP contribution in [0.25, 0.3) is 0 Å². The third-order valence-electron chi connectivity index (χ3n) is 2.05. The summed E-state index contributed by atoms with van der Waals surface area (Å²) in [5, 5.41) is 7.39. The summed E-state index contributed by atoms with van der Waals surface area (Å²) in [6.07, 6.45) is 2.19. The smallest absolute Gasteiger partial charge is 0.216 e. The van der Waals surface area contributed by atoms with E-state index in [-0.39, 0.29) is 0 Å². The van der Waals surface area contributed by atoms with Crippen molar-refractivity contribution in [3.05, 3.63) is 29.2 Å². The predicted molar refractivity (Wildman–Crippen MR) is 50.5 cm³/mol. The van der Waals surface area contributed by atoms with Crippen LogP contribution in [0.3, 0.4) is 0 Å². The molecule has 2 rings (SSSR count). The first-order valence-electron chi connectivity index (χ1n) is 4.47. The molecule has 0 fully saturated rings. The van der Waals surface area contributed by atoms with Crippen LogP contribution in [-0.4, -0.2) is 26.3 Å². The van der Waals surface area contributed by atoms with Crippen molar-refractivity contribution in [2.75, 3.05) is 0 Å². The summed E-state index contributed by atoms with van der Waals surface area (Å²) in [5.74, 6) is 1.35. The SMILES string of the molecule is Cc1nc(Cn2cc(C=O)nn2)oc1C. The van der Waals surface area contributed by atoms with Crippen molar-refractivity contribution in [1.29, 1.82) is 0 Å². The number of oxazole rings is 1. The van der Waals surface area contributed by atoms with Crippen molar-refractivity contribution < 1.29 is 9.21 Å². The maximum Gasteiger partial charge on any atom is 0.216 e. The van der Waals surface area contributed by atoms with Crippen LogP contribution in [0.2, 0.25) is 0 Å². The topological polar surface area (TPSA) is 73.8 Å². The first-order chi connectivity index (χ1) is 7.19. The number of carbonyl (C=O) groups is 1. The van der Waals surface area contributed by atoms with Crippen LogP contribution in [0.15, 0.2) is 10.6 Å². The molecule has 0 saturated carbocycles. The molecule has 0 aliphatic heterocycles. The predicted octanol–water partition coefficient (Wildman–Crippen LogP) is 0.744. The van der Waals surface area contributed by atoms with Crippen molar-refractivity contribution in [3.8, 4) is 0 Å². The van der Waals surface area contributed by atoms with Crippen molar-refractivity contribution in [3.63, 3.8) is 0 Å². The van der Waals surface area contributed by atoms with E-state index in [4.69, 9.17) is 4.42 Å². The minimum Gasteiger partial charge on any atom is -0.444 e. The fourth-order valence-corrected chi connectivity index (χ4v) is 1.19. The minimum absolute atomic E-state index is 0.301. The van der Waals surface area contributed by atoms with Gasteiger partial charge in [-0.3, -0.25) is 4.79 Å². The molecular weight excluding hydrogens is 196 g/mol. The van der Waals surface area contributed by atoms with Gasteiger partial charge in [0.1, 0.15) is 18.0 Å². The zero-order valence-corrected chi connectivity index (χ0v) is 8.47. The second-order valence-electron chi connectivity index (χ2n) is 3.21. The molecular formula is C9H10N4O2. The van der Waals surface area contributed by atoms with Gasteiger partial charge in [-0.25, -0.2) is 9.67 Å². The van der Waals surface area contributed by atoms with Gasteiger partial charge in [0.25, 0.3) is 0 Å². The highest BCUT2D eigenvalue weighted by Crippen LogP contribution is 2.09. The van der Waals surface area contributed by atoms with E-state index in [2.05, 4.69) is 15.3 Å². The van der Waals surface area contributed by atoms with E-state index in [1.54, 1.807) is 6.20 Å². The van der Waals surface area contributed by atoms with E-state index >= 15 is 0 Å². The first-order valence-corrected chi connectivity index (χ1v) is 4.47. The van der Waals surface area contributed by atoms with E-state index in [9.17, 15) is 4.79 Å². The molecule has 0 bridgehead atoms. The zero-order chi connectivity index (χ0) is 10.8. The largest absolute Gasteiger partial charge is 0.444 e. The van der Waals surface area contributed by atoms with Crippen LogP contribution in [0.4, 0.5) is 0 Å². The molecule has 15 heavy (non-hydrogen) atoms. The van der Waals surface area contributed by atoms with Crippen LogP contribution in [0.1, 0.15) is 27.8 Å². The van der Waals surface area contributed by atoms with Crippen LogP contribution >= 0.6 is 0 Å². The van der Waals surface area contributed by atoms with E-state index in [1.807, 2.05) is 13.8 Å². The van der Waals surface area contributed by atoms with Gasteiger partial charge in [0.15, 0.2) is 6.29 Å². The summed E-state index contributed by atoms with van der Waals surface area (Å²) in [6, 6.07) is 0. The Hall–Kier alpha value is -1.98. The van der Waals surface area contributed by atoms with E-state index in [0.29, 0.717) is 24.4 Å². The Morgan fingerprint density at radius 2 is 2.33 bits per heavy atom. The number of aryl methyl sites for hydroxylation is 2. The molecule has 78 valence electrons. The molecule has 0 saturated heterocycles. The van der Waals surface area contributed by atoms with Crippen molar-refractivity contribution in [1.82, 2.24) is 20.0 Å². The molecule has 0 atom stereocenters. The van der Waals surface area contributed by atoms with Gasteiger partial charge in [-0.05, 0) is 13.8 Å². The maximum atomic E-state index is 10.4. The fourth-order valence-electron chi connectivity index (χ4n) is 1.19. The fraction of sp³-hybridized carbons (Fsp3) is 0.333. The van der Waals surface area contributed by atoms with E-state index < -0.39 is 0 Å². The summed E-state index contributed by atoms with van der Waals surface area (Å²) >= 11 is 0. The minimum atomic E-state index is 0.301. The molecule has 0 radical (unpaired) electrons. The average molecular weight is 206 g/mol. The second-order valence-corrected chi connectivity index (χ2v) is 3.21. The summed E-state index contributed by atoms with van der Waals surface area (Å²) < 4.78 is 6.88. The van der Waals surface area contributed by atoms with E-state index in [0.717, 1.165) is 11.5 Å². The van der Waals surface area contributed by atoms with Crippen LogP contribution in [-0.2, 0) is 6.54 Å². The molecule has 0 amide bonds. The summed E-state index contributed by atoms with van der Waals surface area (Å²) in [7, 11) is 0. The van der Waals surface area contributed by atoms with Gasteiger partial charge >= 0.3 is 0 Å². The molecule has 0 N–H and O–H groups in total. The molecule has 0 unspecified atom stereocenters. The van der Waals surface area contributed by atoms with Crippen LogP contribution in [0.5, 0.6) is 0 Å². The Morgan fingerprint density at radius 1 is 1.53 bits per heavy atom. The third kappa shape index (κ3) is 1.93. The lowest BCUT2D eigenvalue weighted by Gasteiger charge is -1.92. The molecule has 0 aliphatic rings. The number of hydrogen-bond donors (Lipinski definition) is 0.